The van der Waals surface area contributed by atoms with Crippen LogP contribution in [0.25, 0.3) is 11.2 Å². The van der Waals surface area contributed by atoms with Crippen LogP contribution in [-0.4, -0.2) is 48.3 Å². The standard InChI is InChI=1S/C15H19ClN4O.C3H8O2.2C2H6/c1-8-4-11-12(18-8)13-15(19-14(11)16)20(7-17-13)10-3-2-9(5-10)6-21;1-3(2,4)5;2*1-2/h7-10,18,21H,2-6H2,1H3;4-5H,1-2H3;2*1-2H3. The van der Waals surface area contributed by atoms with Gasteiger partial charge in [-0.1, -0.05) is 39.3 Å². The molecule has 0 radical (unpaired) electrons. The summed E-state index contributed by atoms with van der Waals surface area (Å²) in [5.74, 6) is -1.10. The number of aliphatic hydroxyl groups is 3. The maximum absolute atomic E-state index is 9.32. The lowest BCUT2D eigenvalue weighted by atomic mass is 10.1. The van der Waals surface area contributed by atoms with Crippen molar-refractivity contribution in [3.8, 4) is 0 Å². The molecule has 0 aromatic carbocycles. The molecule has 0 bridgehead atoms. The minimum absolute atomic E-state index is 0.270. The lowest BCUT2D eigenvalue weighted by molar-refractivity contribution is -0.127. The highest BCUT2D eigenvalue weighted by molar-refractivity contribution is 6.31. The molecule has 2 aromatic heterocycles. The van der Waals surface area contributed by atoms with Crippen molar-refractivity contribution in [3.05, 3.63) is 17.0 Å². The molecular formula is C22H39ClN4O3. The smallest absolute Gasteiger partial charge is 0.163 e. The molecule has 4 rings (SSSR count). The number of fused-ring (bicyclic) bond motifs is 3. The number of nitrogens with one attached hydrogen (secondary N) is 1. The van der Waals surface area contributed by atoms with Gasteiger partial charge < -0.3 is 25.2 Å². The van der Waals surface area contributed by atoms with Crippen LogP contribution in [0.3, 0.4) is 0 Å². The predicted octanol–water partition coefficient (Wildman–Crippen LogP) is 4.53. The molecule has 1 aliphatic heterocycles. The zero-order valence-corrected chi connectivity index (χ0v) is 20.2. The van der Waals surface area contributed by atoms with Crippen LogP contribution in [0.4, 0.5) is 5.69 Å². The van der Waals surface area contributed by atoms with Crippen molar-refractivity contribution in [1.29, 1.82) is 0 Å². The second kappa shape index (κ2) is 11.8. The number of hydrogen-bond donors (Lipinski definition) is 4. The molecule has 172 valence electrons. The van der Waals surface area contributed by atoms with Gasteiger partial charge in [0.05, 0.1) is 12.0 Å². The number of anilines is 1. The normalized spacial score (nSPS) is 22.0. The van der Waals surface area contributed by atoms with E-state index in [9.17, 15) is 5.11 Å². The number of imidazole rings is 1. The Morgan fingerprint density at radius 1 is 1.20 bits per heavy atom. The summed E-state index contributed by atoms with van der Waals surface area (Å²) in [6, 6.07) is 0.743. The highest BCUT2D eigenvalue weighted by Gasteiger charge is 2.30. The van der Waals surface area contributed by atoms with Gasteiger partial charge in [-0.2, -0.15) is 0 Å². The minimum atomic E-state index is -1.50. The number of hydrogen-bond acceptors (Lipinski definition) is 6. The first-order valence-electron chi connectivity index (χ1n) is 11.0. The third-order valence-electron chi connectivity index (χ3n) is 4.83. The fourth-order valence-electron chi connectivity index (χ4n) is 3.73. The Morgan fingerprint density at radius 2 is 1.80 bits per heavy atom. The average molecular weight is 443 g/mol. The van der Waals surface area contributed by atoms with Gasteiger partial charge in [0.15, 0.2) is 11.4 Å². The van der Waals surface area contributed by atoms with Gasteiger partial charge in [-0.3, -0.25) is 0 Å². The van der Waals surface area contributed by atoms with Crippen molar-refractivity contribution in [2.45, 2.75) is 92.0 Å². The molecule has 2 aromatic rings. The largest absolute Gasteiger partial charge is 0.396 e. The van der Waals surface area contributed by atoms with Crippen LogP contribution in [0.2, 0.25) is 5.15 Å². The number of nitrogens with zero attached hydrogens (tertiary/aromatic N) is 3. The van der Waals surface area contributed by atoms with Gasteiger partial charge in [-0.05, 0) is 52.4 Å². The molecule has 8 heteroatoms. The van der Waals surface area contributed by atoms with Gasteiger partial charge in [-0.15, -0.1) is 0 Å². The fraction of sp³-hybridized carbons (Fsp3) is 0.727. The summed E-state index contributed by atoms with van der Waals surface area (Å²) in [7, 11) is 0. The zero-order chi connectivity index (χ0) is 23.1. The zero-order valence-electron chi connectivity index (χ0n) is 19.4. The molecule has 4 N–H and O–H groups in total. The van der Waals surface area contributed by atoms with Crippen LogP contribution < -0.4 is 5.32 Å². The molecule has 0 amide bonds. The quantitative estimate of drug-likeness (QED) is 0.402. The predicted molar refractivity (Wildman–Crippen MR) is 124 cm³/mol. The van der Waals surface area contributed by atoms with Crippen molar-refractivity contribution < 1.29 is 15.3 Å². The van der Waals surface area contributed by atoms with E-state index < -0.39 is 5.79 Å². The van der Waals surface area contributed by atoms with Gasteiger partial charge in [0, 0.05) is 24.3 Å². The molecule has 1 fully saturated rings. The molecule has 3 atom stereocenters. The first-order chi connectivity index (χ1) is 14.2. The van der Waals surface area contributed by atoms with Gasteiger partial charge in [0.1, 0.15) is 10.7 Å². The first-order valence-corrected chi connectivity index (χ1v) is 11.4. The fourth-order valence-corrected chi connectivity index (χ4v) is 3.98. The lowest BCUT2D eigenvalue weighted by Crippen LogP contribution is -2.15. The van der Waals surface area contributed by atoms with Crippen molar-refractivity contribution in [2.75, 3.05) is 11.9 Å². The van der Waals surface area contributed by atoms with Gasteiger partial charge in [0.2, 0.25) is 0 Å². The van der Waals surface area contributed by atoms with E-state index in [0.29, 0.717) is 23.2 Å². The monoisotopic (exact) mass is 442 g/mol. The molecule has 1 aliphatic carbocycles. The van der Waals surface area contributed by atoms with E-state index in [1.165, 1.54) is 13.8 Å². The van der Waals surface area contributed by atoms with Crippen LogP contribution in [0.5, 0.6) is 0 Å². The number of rotatable bonds is 2. The first kappa shape index (κ1) is 26.6. The lowest BCUT2D eigenvalue weighted by Gasteiger charge is -2.13. The molecule has 0 spiro atoms. The molecule has 7 nitrogen and oxygen atoms in total. The summed E-state index contributed by atoms with van der Waals surface area (Å²) in [4.78, 5) is 9.18. The molecule has 3 heterocycles. The Morgan fingerprint density at radius 3 is 2.33 bits per heavy atom. The van der Waals surface area contributed by atoms with Crippen molar-refractivity contribution in [1.82, 2.24) is 14.5 Å². The van der Waals surface area contributed by atoms with Gasteiger partial charge in [-0.25, -0.2) is 9.97 Å². The Hall–Kier alpha value is -1.41. The van der Waals surface area contributed by atoms with E-state index in [1.807, 2.05) is 34.0 Å². The van der Waals surface area contributed by atoms with Crippen LogP contribution in [0.15, 0.2) is 6.33 Å². The summed E-state index contributed by atoms with van der Waals surface area (Å²) < 4.78 is 2.14. The Labute approximate surface area is 185 Å². The van der Waals surface area contributed by atoms with Crippen LogP contribution in [0.1, 0.15) is 79.3 Å². The maximum Gasteiger partial charge on any atom is 0.163 e. The van der Waals surface area contributed by atoms with E-state index in [-0.39, 0.29) is 6.61 Å². The topological polar surface area (TPSA) is 103 Å². The van der Waals surface area contributed by atoms with E-state index in [0.717, 1.165) is 48.1 Å². The minimum Gasteiger partial charge on any atom is -0.396 e. The Balaban J connectivity index is 0.000000435. The molecule has 2 aliphatic rings. The average Bonchev–Trinajstić information content (AvgIpc) is 3.41. The third-order valence-corrected chi connectivity index (χ3v) is 5.14. The summed E-state index contributed by atoms with van der Waals surface area (Å²) in [5.41, 5.74) is 3.92. The van der Waals surface area contributed by atoms with Gasteiger partial charge >= 0.3 is 0 Å². The molecule has 3 unspecified atom stereocenters. The van der Waals surface area contributed by atoms with Crippen LogP contribution >= 0.6 is 11.6 Å². The van der Waals surface area contributed by atoms with Crippen LogP contribution in [0, 0.1) is 5.92 Å². The number of pyridine rings is 1. The van der Waals surface area contributed by atoms with Crippen LogP contribution in [-0.2, 0) is 6.42 Å². The Bertz CT molecular complexity index is 783. The third kappa shape index (κ3) is 6.80. The van der Waals surface area contributed by atoms with E-state index >= 15 is 0 Å². The number of aromatic nitrogens is 3. The molecule has 0 saturated heterocycles. The number of aliphatic hydroxyl groups excluding tert-OH is 1. The summed E-state index contributed by atoms with van der Waals surface area (Å²) in [6.45, 7) is 13.0. The second-order valence-electron chi connectivity index (χ2n) is 7.84. The molecular weight excluding hydrogens is 404 g/mol. The SMILES string of the molecule is CC.CC.CC(C)(O)O.CC1Cc2c(Cl)nc3c(ncn3C3CCC(CO)C3)c2N1. The van der Waals surface area contributed by atoms with E-state index in [4.69, 9.17) is 21.8 Å². The highest BCUT2D eigenvalue weighted by Crippen LogP contribution is 2.40. The van der Waals surface area contributed by atoms with Crippen molar-refractivity contribution in [2.24, 2.45) is 5.92 Å². The molecule has 1 saturated carbocycles. The summed E-state index contributed by atoms with van der Waals surface area (Å²) in [6.07, 6.45) is 5.90. The summed E-state index contributed by atoms with van der Waals surface area (Å²) in [5, 5.41) is 29.5. The molecule has 30 heavy (non-hydrogen) atoms. The number of halogens is 1. The van der Waals surface area contributed by atoms with Gasteiger partial charge in [0.25, 0.3) is 0 Å². The maximum atomic E-state index is 9.32. The van der Waals surface area contributed by atoms with E-state index in [1.54, 1.807) is 0 Å². The van der Waals surface area contributed by atoms with Crippen molar-refractivity contribution in [3.63, 3.8) is 0 Å². The second-order valence-corrected chi connectivity index (χ2v) is 8.20. The van der Waals surface area contributed by atoms with E-state index in [2.05, 4.69) is 26.8 Å². The Kier molecular flexibility index (Phi) is 10.5. The summed E-state index contributed by atoms with van der Waals surface area (Å²) >= 11 is 6.37. The van der Waals surface area contributed by atoms with Crippen molar-refractivity contribution >= 4 is 28.5 Å². The highest BCUT2D eigenvalue weighted by atomic mass is 35.5.